The summed E-state index contributed by atoms with van der Waals surface area (Å²) in [5.74, 6) is 1.29. The van der Waals surface area contributed by atoms with Gasteiger partial charge in [-0.1, -0.05) is 27.5 Å². The molecule has 0 bridgehead atoms. The Balaban J connectivity index is 1.99. The lowest BCUT2D eigenvalue weighted by atomic mass is 10.2. The van der Waals surface area contributed by atoms with Crippen molar-refractivity contribution < 1.29 is 13.9 Å². The molecule has 0 radical (unpaired) electrons. The minimum atomic E-state index is -0.475. The van der Waals surface area contributed by atoms with E-state index >= 15 is 0 Å². The molecule has 0 saturated heterocycles. The van der Waals surface area contributed by atoms with E-state index in [1.165, 1.54) is 18.5 Å². The Morgan fingerprint density at radius 1 is 1.19 bits per heavy atom. The predicted molar refractivity (Wildman–Crippen MR) is 105 cm³/mol. The summed E-state index contributed by atoms with van der Waals surface area (Å²) in [5, 5.41) is 4.78. The van der Waals surface area contributed by atoms with Gasteiger partial charge in [0.2, 0.25) is 0 Å². The van der Waals surface area contributed by atoms with Gasteiger partial charge in [0.1, 0.15) is 18.0 Å². The van der Waals surface area contributed by atoms with Gasteiger partial charge < -0.3 is 14.8 Å². The molecule has 8 heteroatoms. The fourth-order valence-electron chi connectivity index (χ4n) is 2.38. The summed E-state index contributed by atoms with van der Waals surface area (Å²) in [4.78, 5) is 8.57. The average Bonchev–Trinajstić information content (AvgIpc) is 2.65. The Bertz CT molecular complexity index is 926. The quantitative estimate of drug-likeness (QED) is 0.397. The van der Waals surface area contributed by atoms with E-state index in [4.69, 9.17) is 21.1 Å². The van der Waals surface area contributed by atoms with Crippen LogP contribution in [0.5, 0.6) is 11.5 Å². The second-order valence-corrected chi connectivity index (χ2v) is 6.59. The summed E-state index contributed by atoms with van der Waals surface area (Å²) < 4.78 is 24.6. The molecule has 0 amide bonds. The zero-order valence-electron chi connectivity index (χ0n) is 13.9. The second-order valence-electron chi connectivity index (χ2n) is 5.39. The molecule has 0 atom stereocenters. The van der Waals surface area contributed by atoms with Crippen LogP contribution in [0.3, 0.4) is 0 Å². The zero-order valence-corrected chi connectivity index (χ0v) is 16.3. The lowest BCUT2D eigenvalue weighted by Crippen LogP contribution is -2.01. The predicted octanol–water partition coefficient (Wildman–Crippen LogP) is 5.34. The number of fused-ring (bicyclic) bond motifs is 1. The van der Waals surface area contributed by atoms with E-state index in [0.717, 1.165) is 17.1 Å². The monoisotopic (exact) mass is 439 g/mol. The molecule has 1 heterocycles. The van der Waals surface area contributed by atoms with Crippen LogP contribution in [0.2, 0.25) is 5.02 Å². The van der Waals surface area contributed by atoms with Crippen LogP contribution >= 0.6 is 27.5 Å². The molecule has 0 saturated carbocycles. The highest BCUT2D eigenvalue weighted by atomic mass is 79.9. The summed E-state index contributed by atoms with van der Waals surface area (Å²) >= 11 is 9.23. The molecule has 3 rings (SSSR count). The minimum absolute atomic E-state index is 0.0359. The van der Waals surface area contributed by atoms with Gasteiger partial charge in [-0.2, -0.15) is 0 Å². The van der Waals surface area contributed by atoms with Gasteiger partial charge in [0.25, 0.3) is 0 Å². The first-order chi connectivity index (χ1) is 12.6. The molecule has 0 aliphatic carbocycles. The van der Waals surface area contributed by atoms with Crippen molar-refractivity contribution in [3.05, 3.63) is 47.5 Å². The molecule has 0 spiro atoms. The van der Waals surface area contributed by atoms with Crippen LogP contribution in [0.25, 0.3) is 10.9 Å². The maximum absolute atomic E-state index is 13.4. The highest BCUT2D eigenvalue weighted by Crippen LogP contribution is 2.35. The topological polar surface area (TPSA) is 56.3 Å². The number of hydrogen-bond donors (Lipinski definition) is 1. The van der Waals surface area contributed by atoms with Crippen molar-refractivity contribution in [2.75, 3.05) is 24.4 Å². The summed E-state index contributed by atoms with van der Waals surface area (Å²) in [6.45, 7) is 0.553. The van der Waals surface area contributed by atoms with E-state index in [1.807, 2.05) is 6.07 Å². The first kappa shape index (κ1) is 18.7. The smallest absolute Gasteiger partial charge is 0.162 e. The van der Waals surface area contributed by atoms with Crippen LogP contribution in [0.1, 0.15) is 6.42 Å². The van der Waals surface area contributed by atoms with Crippen LogP contribution in [0, 0.1) is 5.82 Å². The maximum Gasteiger partial charge on any atom is 0.162 e. The van der Waals surface area contributed by atoms with E-state index in [2.05, 4.69) is 31.2 Å². The van der Waals surface area contributed by atoms with Gasteiger partial charge in [0.15, 0.2) is 11.5 Å². The molecule has 26 heavy (non-hydrogen) atoms. The summed E-state index contributed by atoms with van der Waals surface area (Å²) in [7, 11) is 1.58. The molecule has 0 unspecified atom stereocenters. The fraction of sp³-hybridized carbons (Fsp3) is 0.222. The Morgan fingerprint density at radius 2 is 2.04 bits per heavy atom. The first-order valence-corrected chi connectivity index (χ1v) is 9.36. The molecule has 3 aromatic rings. The molecular formula is C18H16BrClFN3O2. The highest BCUT2D eigenvalue weighted by Gasteiger charge is 2.12. The molecule has 0 aliphatic rings. The third-order valence-electron chi connectivity index (χ3n) is 3.64. The number of aromatic nitrogens is 2. The van der Waals surface area contributed by atoms with Crippen molar-refractivity contribution in [3.8, 4) is 11.5 Å². The second kappa shape index (κ2) is 8.51. The molecule has 136 valence electrons. The van der Waals surface area contributed by atoms with Crippen molar-refractivity contribution in [3.63, 3.8) is 0 Å². The van der Waals surface area contributed by atoms with E-state index in [0.29, 0.717) is 35.1 Å². The lowest BCUT2D eigenvalue weighted by Gasteiger charge is -2.14. The highest BCUT2D eigenvalue weighted by molar-refractivity contribution is 9.09. The SMILES string of the molecule is COc1cc2ncnc(Nc3ccc(F)c(Cl)c3)c2cc1OCCCBr. The summed E-state index contributed by atoms with van der Waals surface area (Å²) in [5.41, 5.74) is 1.31. The van der Waals surface area contributed by atoms with Gasteiger partial charge in [-0.3, -0.25) is 0 Å². The molecular weight excluding hydrogens is 425 g/mol. The number of ether oxygens (including phenoxy) is 2. The average molecular weight is 441 g/mol. The van der Waals surface area contributed by atoms with E-state index in [9.17, 15) is 4.39 Å². The molecule has 2 aromatic carbocycles. The molecule has 0 aliphatic heterocycles. The maximum atomic E-state index is 13.4. The van der Waals surface area contributed by atoms with Gasteiger partial charge in [-0.15, -0.1) is 0 Å². The Kier molecular flexibility index (Phi) is 6.11. The van der Waals surface area contributed by atoms with Crippen LogP contribution in [0.4, 0.5) is 15.9 Å². The lowest BCUT2D eigenvalue weighted by molar-refractivity contribution is 0.296. The Morgan fingerprint density at radius 3 is 2.77 bits per heavy atom. The van der Waals surface area contributed by atoms with E-state index < -0.39 is 5.82 Å². The van der Waals surface area contributed by atoms with Crippen molar-refractivity contribution in [2.45, 2.75) is 6.42 Å². The minimum Gasteiger partial charge on any atom is -0.493 e. The normalized spacial score (nSPS) is 10.8. The fourth-order valence-corrected chi connectivity index (χ4v) is 2.79. The largest absolute Gasteiger partial charge is 0.493 e. The molecule has 1 aromatic heterocycles. The number of halogens is 3. The third kappa shape index (κ3) is 4.16. The van der Waals surface area contributed by atoms with Gasteiger partial charge in [0, 0.05) is 22.5 Å². The Labute approximate surface area is 163 Å². The van der Waals surface area contributed by atoms with Crippen LogP contribution in [-0.4, -0.2) is 29.0 Å². The van der Waals surface area contributed by atoms with Crippen LogP contribution in [0.15, 0.2) is 36.7 Å². The number of rotatable bonds is 7. The number of alkyl halides is 1. The summed E-state index contributed by atoms with van der Waals surface area (Å²) in [6, 6.07) is 8.01. The van der Waals surface area contributed by atoms with Crippen LogP contribution in [-0.2, 0) is 0 Å². The van der Waals surface area contributed by atoms with Gasteiger partial charge >= 0.3 is 0 Å². The molecule has 1 N–H and O–H groups in total. The van der Waals surface area contributed by atoms with Crippen molar-refractivity contribution in [1.82, 2.24) is 9.97 Å². The van der Waals surface area contributed by atoms with E-state index in [1.54, 1.807) is 19.2 Å². The summed E-state index contributed by atoms with van der Waals surface area (Å²) in [6.07, 6.45) is 2.31. The van der Waals surface area contributed by atoms with Crippen molar-refractivity contribution >= 4 is 49.9 Å². The van der Waals surface area contributed by atoms with Gasteiger partial charge in [0.05, 0.1) is 24.3 Å². The first-order valence-electron chi connectivity index (χ1n) is 7.86. The van der Waals surface area contributed by atoms with E-state index in [-0.39, 0.29) is 5.02 Å². The number of benzene rings is 2. The standard InChI is InChI=1S/C18H16BrClFN3O2/c1-25-16-9-15-12(8-17(16)26-6-2-5-19)18(23-10-22-15)24-11-3-4-14(21)13(20)7-11/h3-4,7-10H,2,5-6H2,1H3,(H,22,23,24). The molecule has 5 nitrogen and oxygen atoms in total. The zero-order chi connectivity index (χ0) is 18.5. The Hall–Kier alpha value is -2.12. The number of nitrogens with one attached hydrogen (secondary N) is 1. The molecule has 0 fully saturated rings. The number of nitrogens with zero attached hydrogens (tertiary/aromatic N) is 2. The van der Waals surface area contributed by atoms with Crippen LogP contribution < -0.4 is 14.8 Å². The number of hydrogen-bond acceptors (Lipinski definition) is 5. The van der Waals surface area contributed by atoms with Gasteiger partial charge in [-0.05, 0) is 30.7 Å². The van der Waals surface area contributed by atoms with Crippen molar-refractivity contribution in [1.29, 1.82) is 0 Å². The number of anilines is 2. The third-order valence-corrected chi connectivity index (χ3v) is 4.49. The van der Waals surface area contributed by atoms with Gasteiger partial charge in [-0.25, -0.2) is 14.4 Å². The number of methoxy groups -OCH3 is 1. The van der Waals surface area contributed by atoms with Crippen molar-refractivity contribution in [2.24, 2.45) is 0 Å².